The third-order valence-corrected chi connectivity index (χ3v) is 3.33. The number of amides is 1. The average molecular weight is 288 g/mol. The quantitative estimate of drug-likeness (QED) is 0.880. The van der Waals surface area contributed by atoms with Crippen LogP contribution in [0, 0.1) is 0 Å². The number of rotatable bonds is 5. The van der Waals surface area contributed by atoms with Gasteiger partial charge in [-0.25, -0.2) is 9.78 Å². The lowest BCUT2D eigenvalue weighted by Crippen LogP contribution is -2.51. The lowest BCUT2D eigenvalue weighted by atomic mass is 9.99. The van der Waals surface area contributed by atoms with E-state index in [1.54, 1.807) is 19.1 Å². The molecule has 0 aliphatic rings. The molecule has 1 aromatic heterocycles. The molecule has 0 bridgehead atoms. The standard InChI is InChI=1S/C15H16N2O4/c1-3-15(2,14(19)20)17-12(18)11-9-21-13(16-11)10-7-5-4-6-8-10/h4-9H,3H2,1-2H3,(H,17,18)(H,19,20). The third-order valence-electron chi connectivity index (χ3n) is 3.33. The van der Waals surface area contributed by atoms with E-state index >= 15 is 0 Å². The molecule has 0 aliphatic carbocycles. The lowest BCUT2D eigenvalue weighted by Gasteiger charge is -2.23. The Hall–Kier alpha value is -2.63. The van der Waals surface area contributed by atoms with Crippen LogP contribution in [-0.2, 0) is 4.79 Å². The number of benzene rings is 1. The SMILES string of the molecule is CCC(C)(NC(=O)c1coc(-c2ccccc2)n1)C(=O)O. The summed E-state index contributed by atoms with van der Waals surface area (Å²) in [5.74, 6) is -1.35. The summed E-state index contributed by atoms with van der Waals surface area (Å²) in [5, 5.41) is 11.6. The number of hydrogen-bond donors (Lipinski definition) is 2. The third kappa shape index (κ3) is 3.10. The van der Waals surface area contributed by atoms with E-state index in [4.69, 9.17) is 9.52 Å². The fraction of sp³-hybridized carbons (Fsp3) is 0.267. The molecule has 0 radical (unpaired) electrons. The highest BCUT2D eigenvalue weighted by atomic mass is 16.4. The summed E-state index contributed by atoms with van der Waals surface area (Å²) in [7, 11) is 0. The van der Waals surface area contributed by atoms with E-state index < -0.39 is 17.4 Å². The summed E-state index contributed by atoms with van der Waals surface area (Å²) < 4.78 is 5.26. The van der Waals surface area contributed by atoms with E-state index in [1.807, 2.05) is 18.2 Å². The highest BCUT2D eigenvalue weighted by Gasteiger charge is 2.33. The predicted octanol–water partition coefficient (Wildman–Crippen LogP) is 2.32. The zero-order valence-corrected chi connectivity index (χ0v) is 11.8. The Morgan fingerprint density at radius 2 is 2.00 bits per heavy atom. The van der Waals surface area contributed by atoms with Crippen molar-refractivity contribution in [3.05, 3.63) is 42.3 Å². The summed E-state index contributed by atoms with van der Waals surface area (Å²) in [5.41, 5.74) is -0.536. The topological polar surface area (TPSA) is 92.4 Å². The number of carbonyl (C=O) groups is 2. The van der Waals surface area contributed by atoms with Crippen LogP contribution in [-0.4, -0.2) is 27.5 Å². The van der Waals surface area contributed by atoms with Crippen LogP contribution in [0.15, 0.2) is 41.0 Å². The van der Waals surface area contributed by atoms with Gasteiger partial charge < -0.3 is 14.8 Å². The van der Waals surface area contributed by atoms with E-state index in [2.05, 4.69) is 10.3 Å². The number of aromatic nitrogens is 1. The highest BCUT2D eigenvalue weighted by molar-refractivity contribution is 5.96. The first-order chi connectivity index (χ1) is 9.96. The summed E-state index contributed by atoms with van der Waals surface area (Å²) in [4.78, 5) is 27.3. The number of carbonyl (C=O) groups excluding carboxylic acids is 1. The molecule has 6 heteroatoms. The van der Waals surface area contributed by atoms with E-state index in [1.165, 1.54) is 13.2 Å². The van der Waals surface area contributed by atoms with Gasteiger partial charge in [-0.15, -0.1) is 0 Å². The molecule has 0 fully saturated rings. The van der Waals surface area contributed by atoms with Crippen LogP contribution in [0.1, 0.15) is 30.8 Å². The van der Waals surface area contributed by atoms with Gasteiger partial charge in [-0.1, -0.05) is 25.1 Å². The van der Waals surface area contributed by atoms with Crippen LogP contribution in [0.25, 0.3) is 11.5 Å². The Morgan fingerprint density at radius 1 is 1.33 bits per heavy atom. The molecule has 1 aromatic carbocycles. The molecule has 2 aromatic rings. The normalized spacial score (nSPS) is 13.4. The van der Waals surface area contributed by atoms with Gasteiger partial charge in [0.2, 0.25) is 5.89 Å². The Bertz CT molecular complexity index is 651. The number of nitrogens with one attached hydrogen (secondary N) is 1. The summed E-state index contributed by atoms with van der Waals surface area (Å²) in [6.45, 7) is 3.14. The van der Waals surface area contributed by atoms with Gasteiger partial charge in [0.15, 0.2) is 5.69 Å². The molecule has 1 heterocycles. The zero-order valence-electron chi connectivity index (χ0n) is 11.8. The molecular weight excluding hydrogens is 272 g/mol. The number of carboxylic acids is 1. The Kier molecular flexibility index (Phi) is 4.07. The number of carboxylic acid groups (broad SMARTS) is 1. The Balaban J connectivity index is 2.18. The van der Waals surface area contributed by atoms with Gasteiger partial charge in [-0.3, -0.25) is 4.79 Å². The lowest BCUT2D eigenvalue weighted by molar-refractivity contribution is -0.143. The minimum Gasteiger partial charge on any atom is -0.480 e. The first-order valence-electron chi connectivity index (χ1n) is 6.53. The van der Waals surface area contributed by atoms with Crippen LogP contribution in [0.5, 0.6) is 0 Å². The van der Waals surface area contributed by atoms with Crippen LogP contribution >= 0.6 is 0 Å². The van der Waals surface area contributed by atoms with Gasteiger partial charge in [0.05, 0.1) is 0 Å². The molecular formula is C15H16N2O4. The van der Waals surface area contributed by atoms with Crippen molar-refractivity contribution in [2.75, 3.05) is 0 Å². The maximum absolute atomic E-state index is 12.1. The van der Waals surface area contributed by atoms with Gasteiger partial charge in [-0.2, -0.15) is 0 Å². The van der Waals surface area contributed by atoms with Crippen molar-refractivity contribution in [3.8, 4) is 11.5 Å². The predicted molar refractivity (Wildman–Crippen MR) is 75.7 cm³/mol. The second-order valence-corrected chi connectivity index (χ2v) is 4.85. The van der Waals surface area contributed by atoms with Crippen molar-refractivity contribution >= 4 is 11.9 Å². The molecule has 1 unspecified atom stereocenters. The van der Waals surface area contributed by atoms with Gasteiger partial charge in [0.25, 0.3) is 5.91 Å². The molecule has 1 amide bonds. The first kappa shape index (κ1) is 14.8. The maximum Gasteiger partial charge on any atom is 0.329 e. The van der Waals surface area contributed by atoms with Crippen molar-refractivity contribution in [1.82, 2.24) is 10.3 Å². The fourth-order valence-corrected chi connectivity index (χ4v) is 1.70. The van der Waals surface area contributed by atoms with Crippen LogP contribution in [0.3, 0.4) is 0 Å². The van der Waals surface area contributed by atoms with Crippen molar-refractivity contribution in [2.45, 2.75) is 25.8 Å². The molecule has 6 nitrogen and oxygen atoms in total. The van der Waals surface area contributed by atoms with Crippen molar-refractivity contribution < 1.29 is 19.1 Å². The van der Waals surface area contributed by atoms with Crippen molar-refractivity contribution in [1.29, 1.82) is 0 Å². The number of nitrogens with zero attached hydrogens (tertiary/aromatic N) is 1. The first-order valence-corrected chi connectivity index (χ1v) is 6.53. The zero-order chi connectivity index (χ0) is 15.5. The Morgan fingerprint density at radius 3 is 2.57 bits per heavy atom. The second-order valence-electron chi connectivity index (χ2n) is 4.85. The molecule has 0 spiro atoms. The average Bonchev–Trinajstić information content (AvgIpc) is 2.97. The van der Waals surface area contributed by atoms with Gasteiger partial charge in [-0.05, 0) is 25.5 Å². The molecule has 2 N–H and O–H groups in total. The van der Waals surface area contributed by atoms with Gasteiger partial charge >= 0.3 is 5.97 Å². The van der Waals surface area contributed by atoms with Crippen molar-refractivity contribution in [3.63, 3.8) is 0 Å². The molecule has 21 heavy (non-hydrogen) atoms. The number of aliphatic carboxylic acids is 1. The summed E-state index contributed by atoms with van der Waals surface area (Å²) >= 11 is 0. The molecule has 0 saturated carbocycles. The number of hydrogen-bond acceptors (Lipinski definition) is 4. The minimum atomic E-state index is -1.33. The van der Waals surface area contributed by atoms with Gasteiger partial charge in [0.1, 0.15) is 11.8 Å². The largest absolute Gasteiger partial charge is 0.480 e. The van der Waals surface area contributed by atoms with Crippen LogP contribution in [0.2, 0.25) is 0 Å². The summed E-state index contributed by atoms with van der Waals surface area (Å²) in [6.07, 6.45) is 1.48. The molecule has 2 rings (SSSR count). The van der Waals surface area contributed by atoms with Gasteiger partial charge in [0, 0.05) is 5.56 Å². The summed E-state index contributed by atoms with van der Waals surface area (Å²) in [6, 6.07) is 9.14. The molecule has 0 aliphatic heterocycles. The molecule has 110 valence electrons. The van der Waals surface area contributed by atoms with Crippen molar-refractivity contribution in [2.24, 2.45) is 0 Å². The maximum atomic E-state index is 12.1. The minimum absolute atomic E-state index is 0.0507. The number of oxazole rings is 1. The van der Waals surface area contributed by atoms with Crippen LogP contribution in [0.4, 0.5) is 0 Å². The van der Waals surface area contributed by atoms with E-state index in [9.17, 15) is 9.59 Å². The highest BCUT2D eigenvalue weighted by Crippen LogP contribution is 2.18. The van der Waals surface area contributed by atoms with Crippen LogP contribution < -0.4 is 5.32 Å². The smallest absolute Gasteiger partial charge is 0.329 e. The molecule has 1 atom stereocenters. The van der Waals surface area contributed by atoms with E-state index in [0.717, 1.165) is 5.56 Å². The van der Waals surface area contributed by atoms with E-state index in [0.29, 0.717) is 5.89 Å². The fourth-order valence-electron chi connectivity index (χ4n) is 1.70. The molecule has 0 saturated heterocycles. The van der Waals surface area contributed by atoms with E-state index in [-0.39, 0.29) is 12.1 Å². The second kappa shape index (κ2) is 5.78. The monoisotopic (exact) mass is 288 g/mol. The Labute approximate surface area is 121 Å².